The minimum absolute atomic E-state index is 0.0976. The first kappa shape index (κ1) is 9.32. The third-order valence-electron chi connectivity index (χ3n) is 1.03. The average Bonchev–Trinajstić information content (AvgIpc) is 1.63. The molecule has 0 amide bonds. The van der Waals surface area contributed by atoms with Gasteiger partial charge in [-0.1, -0.05) is 32.0 Å². The third kappa shape index (κ3) is 4.80. The van der Waals surface area contributed by atoms with Gasteiger partial charge in [0.15, 0.2) is 0 Å². The highest BCUT2D eigenvalue weighted by molar-refractivity contribution is 6.29. The Morgan fingerprint density at radius 3 is 2.11 bits per heavy atom. The first-order valence-corrected chi connectivity index (χ1v) is 3.78. The molecule has 0 aromatic heterocycles. The summed E-state index contributed by atoms with van der Waals surface area (Å²) in [5, 5.41) is 0.681. The van der Waals surface area contributed by atoms with Crippen molar-refractivity contribution in [2.75, 3.05) is 5.88 Å². The Bertz CT molecular complexity index is 105. The molecule has 2 heteroatoms. The lowest BCUT2D eigenvalue weighted by molar-refractivity contribution is 0.424. The van der Waals surface area contributed by atoms with Crippen LogP contribution in [0.5, 0.6) is 0 Å². The van der Waals surface area contributed by atoms with Crippen molar-refractivity contribution in [1.29, 1.82) is 0 Å². The summed E-state index contributed by atoms with van der Waals surface area (Å²) in [6.07, 6.45) is 0.790. The zero-order valence-electron chi connectivity index (χ0n) is 5.88. The van der Waals surface area contributed by atoms with Crippen LogP contribution in [0.15, 0.2) is 11.6 Å². The maximum atomic E-state index is 5.64. The Hall–Kier alpha value is 0.320. The van der Waals surface area contributed by atoms with Crippen LogP contribution in [0.4, 0.5) is 0 Å². The lowest BCUT2D eigenvalue weighted by atomic mass is 9.92. The Labute approximate surface area is 66.8 Å². The Kier molecular flexibility index (Phi) is 3.60. The van der Waals surface area contributed by atoms with E-state index >= 15 is 0 Å². The van der Waals surface area contributed by atoms with E-state index < -0.39 is 0 Å². The van der Waals surface area contributed by atoms with Crippen LogP contribution in [-0.4, -0.2) is 5.88 Å². The van der Waals surface area contributed by atoms with Gasteiger partial charge in [0.1, 0.15) is 0 Å². The Morgan fingerprint density at radius 2 is 2.00 bits per heavy atom. The minimum atomic E-state index is 0.0976. The van der Waals surface area contributed by atoms with E-state index in [1.165, 1.54) is 0 Å². The van der Waals surface area contributed by atoms with Gasteiger partial charge in [0, 0.05) is 10.9 Å². The van der Waals surface area contributed by atoms with Gasteiger partial charge in [-0.3, -0.25) is 0 Å². The lowest BCUT2D eigenvalue weighted by Crippen LogP contribution is -2.12. The molecule has 0 atom stereocenters. The zero-order valence-corrected chi connectivity index (χ0v) is 7.39. The van der Waals surface area contributed by atoms with E-state index in [1.54, 1.807) is 0 Å². The van der Waals surface area contributed by atoms with Crippen molar-refractivity contribution in [3.63, 3.8) is 0 Å². The average molecular weight is 167 g/mol. The number of alkyl halides is 1. The fourth-order valence-electron chi connectivity index (χ4n) is 0.567. The molecule has 0 radical (unpaired) electrons. The molecule has 0 aromatic carbocycles. The van der Waals surface area contributed by atoms with Gasteiger partial charge in [-0.05, 0) is 11.8 Å². The standard InChI is InChI=1S/C7H12Cl2/c1-6(9)4-7(2,3)5-8/h1,4-5H2,2-3H3. The van der Waals surface area contributed by atoms with Gasteiger partial charge in [0.25, 0.3) is 0 Å². The molecule has 0 rings (SSSR count). The molecule has 0 nitrogen and oxygen atoms in total. The van der Waals surface area contributed by atoms with Crippen molar-refractivity contribution in [2.45, 2.75) is 20.3 Å². The molecular weight excluding hydrogens is 155 g/mol. The molecule has 54 valence electrons. The van der Waals surface area contributed by atoms with Crippen LogP contribution in [-0.2, 0) is 0 Å². The molecule has 9 heavy (non-hydrogen) atoms. The largest absolute Gasteiger partial charge is 0.126 e. The molecule has 0 saturated carbocycles. The molecule has 0 aromatic rings. The Morgan fingerprint density at radius 1 is 1.56 bits per heavy atom. The first-order chi connectivity index (χ1) is 3.98. The quantitative estimate of drug-likeness (QED) is 0.565. The van der Waals surface area contributed by atoms with E-state index in [0.29, 0.717) is 10.9 Å². The van der Waals surface area contributed by atoms with Crippen molar-refractivity contribution in [3.8, 4) is 0 Å². The zero-order chi connectivity index (χ0) is 7.49. The SMILES string of the molecule is C=C(Cl)CC(C)(C)CCl. The lowest BCUT2D eigenvalue weighted by Gasteiger charge is -2.19. The number of rotatable bonds is 3. The van der Waals surface area contributed by atoms with E-state index in [2.05, 4.69) is 20.4 Å². The maximum absolute atomic E-state index is 5.64. The van der Waals surface area contributed by atoms with Crippen molar-refractivity contribution >= 4 is 23.2 Å². The molecule has 0 heterocycles. The van der Waals surface area contributed by atoms with Crippen LogP contribution in [0.1, 0.15) is 20.3 Å². The highest BCUT2D eigenvalue weighted by atomic mass is 35.5. The van der Waals surface area contributed by atoms with E-state index in [1.807, 2.05) is 0 Å². The van der Waals surface area contributed by atoms with E-state index in [4.69, 9.17) is 23.2 Å². The topological polar surface area (TPSA) is 0 Å². The summed E-state index contributed by atoms with van der Waals surface area (Å²) in [6, 6.07) is 0. The first-order valence-electron chi connectivity index (χ1n) is 2.87. The molecule has 0 aliphatic rings. The molecular formula is C7H12Cl2. The van der Waals surface area contributed by atoms with Crippen LogP contribution in [0, 0.1) is 5.41 Å². The summed E-state index contributed by atoms with van der Waals surface area (Å²) in [5.41, 5.74) is 0.0976. The third-order valence-corrected chi connectivity index (χ3v) is 1.89. The van der Waals surface area contributed by atoms with E-state index in [0.717, 1.165) is 6.42 Å². The fourth-order valence-corrected chi connectivity index (χ4v) is 1.02. The molecule has 0 aliphatic carbocycles. The number of hydrogen-bond acceptors (Lipinski definition) is 0. The smallest absolute Gasteiger partial charge is 0.0278 e. The number of allylic oxidation sites excluding steroid dienone is 1. The van der Waals surface area contributed by atoms with Gasteiger partial charge in [-0.15, -0.1) is 11.6 Å². The van der Waals surface area contributed by atoms with Crippen molar-refractivity contribution < 1.29 is 0 Å². The van der Waals surface area contributed by atoms with Crippen molar-refractivity contribution in [2.24, 2.45) is 5.41 Å². The predicted octanol–water partition coefficient (Wildman–Crippen LogP) is 3.39. The predicted molar refractivity (Wildman–Crippen MR) is 44.1 cm³/mol. The summed E-state index contributed by atoms with van der Waals surface area (Å²) in [5.74, 6) is 0.624. The maximum Gasteiger partial charge on any atom is 0.0278 e. The van der Waals surface area contributed by atoms with Crippen molar-refractivity contribution in [1.82, 2.24) is 0 Å². The Balaban J connectivity index is 3.71. The second-order valence-electron chi connectivity index (χ2n) is 2.99. The highest BCUT2D eigenvalue weighted by Crippen LogP contribution is 2.26. The van der Waals surface area contributed by atoms with Crippen LogP contribution in [0.25, 0.3) is 0 Å². The van der Waals surface area contributed by atoms with Gasteiger partial charge >= 0.3 is 0 Å². The van der Waals surface area contributed by atoms with E-state index in [-0.39, 0.29) is 5.41 Å². The molecule has 0 unspecified atom stereocenters. The second-order valence-corrected chi connectivity index (χ2v) is 3.79. The summed E-state index contributed by atoms with van der Waals surface area (Å²) in [7, 11) is 0. The molecule has 0 N–H and O–H groups in total. The molecule has 0 saturated heterocycles. The summed E-state index contributed by atoms with van der Waals surface area (Å²) < 4.78 is 0. The molecule has 0 spiro atoms. The second kappa shape index (κ2) is 3.48. The highest BCUT2D eigenvalue weighted by Gasteiger charge is 2.16. The normalized spacial score (nSPS) is 11.6. The number of hydrogen-bond donors (Lipinski definition) is 0. The van der Waals surface area contributed by atoms with Gasteiger partial charge in [-0.2, -0.15) is 0 Å². The van der Waals surface area contributed by atoms with Crippen LogP contribution < -0.4 is 0 Å². The van der Waals surface area contributed by atoms with Gasteiger partial charge in [0.2, 0.25) is 0 Å². The van der Waals surface area contributed by atoms with E-state index in [9.17, 15) is 0 Å². The molecule has 0 fully saturated rings. The number of halogens is 2. The van der Waals surface area contributed by atoms with Gasteiger partial charge in [-0.25, -0.2) is 0 Å². The summed E-state index contributed by atoms with van der Waals surface area (Å²) in [6.45, 7) is 7.72. The van der Waals surface area contributed by atoms with Crippen LogP contribution >= 0.6 is 23.2 Å². The van der Waals surface area contributed by atoms with Gasteiger partial charge < -0.3 is 0 Å². The minimum Gasteiger partial charge on any atom is -0.126 e. The molecule has 0 bridgehead atoms. The monoisotopic (exact) mass is 166 g/mol. The summed E-state index contributed by atoms with van der Waals surface area (Å²) >= 11 is 11.2. The summed E-state index contributed by atoms with van der Waals surface area (Å²) in [4.78, 5) is 0. The van der Waals surface area contributed by atoms with Gasteiger partial charge in [0.05, 0.1) is 0 Å². The van der Waals surface area contributed by atoms with Crippen LogP contribution in [0.3, 0.4) is 0 Å². The van der Waals surface area contributed by atoms with Crippen molar-refractivity contribution in [3.05, 3.63) is 11.6 Å². The fraction of sp³-hybridized carbons (Fsp3) is 0.714. The molecule has 0 aliphatic heterocycles. The van der Waals surface area contributed by atoms with Crippen LogP contribution in [0.2, 0.25) is 0 Å².